The van der Waals surface area contributed by atoms with E-state index in [1.807, 2.05) is 32.0 Å². The molecule has 1 aromatic rings. The summed E-state index contributed by atoms with van der Waals surface area (Å²) in [5, 5.41) is 0. The van der Waals surface area contributed by atoms with E-state index in [4.69, 9.17) is 4.74 Å². The van der Waals surface area contributed by atoms with Crippen LogP contribution in [0.5, 0.6) is 0 Å². The van der Waals surface area contributed by atoms with Gasteiger partial charge in [-0.25, -0.2) is 9.59 Å². The monoisotopic (exact) mass is 462 g/mol. The van der Waals surface area contributed by atoms with E-state index in [0.29, 0.717) is 0 Å². The van der Waals surface area contributed by atoms with Crippen LogP contribution in [-0.2, 0) is 27.1 Å². The largest absolute Gasteiger partial charge is 0.467 e. The van der Waals surface area contributed by atoms with Crippen molar-refractivity contribution in [2.45, 2.75) is 32.9 Å². The van der Waals surface area contributed by atoms with Crippen molar-refractivity contribution in [2.24, 2.45) is 5.92 Å². The van der Waals surface area contributed by atoms with E-state index in [-0.39, 0.29) is 25.4 Å². The molecule has 1 aliphatic rings. The Kier molecular flexibility index (Phi) is 7.08. The highest BCUT2D eigenvalue weighted by Crippen LogP contribution is 2.36. The van der Waals surface area contributed by atoms with Crippen LogP contribution in [0.25, 0.3) is 0 Å². The first-order chi connectivity index (χ1) is 12.5. The summed E-state index contributed by atoms with van der Waals surface area (Å²) in [6.45, 7) is 4.03. The standard InChI is InChI=1S/C17H24BrN2O6P/c1-11(2)8-19(10-27(23,24)25)17(22)20-9-12-4-5-14(18)6-13(12)7-15(20)16(21)26-3/h4-6,11,15H,7-10H2,1-3H3,(H2,23,24,25)/t15-/m1/s1. The van der Waals surface area contributed by atoms with E-state index in [1.165, 1.54) is 12.0 Å². The fraction of sp³-hybridized carbons (Fsp3) is 0.529. The molecular formula is C17H24BrN2O6P. The van der Waals surface area contributed by atoms with Gasteiger partial charge < -0.3 is 24.3 Å². The average Bonchev–Trinajstić information content (AvgIpc) is 2.57. The van der Waals surface area contributed by atoms with Gasteiger partial charge in [0.2, 0.25) is 0 Å². The van der Waals surface area contributed by atoms with Gasteiger partial charge in [0, 0.05) is 24.0 Å². The molecule has 1 aliphatic heterocycles. The zero-order chi connectivity index (χ0) is 20.4. The van der Waals surface area contributed by atoms with Crippen LogP contribution >= 0.6 is 23.5 Å². The molecule has 0 aliphatic carbocycles. The summed E-state index contributed by atoms with van der Waals surface area (Å²) in [7, 11) is -3.20. The van der Waals surface area contributed by atoms with Gasteiger partial charge >= 0.3 is 19.6 Å². The number of halogens is 1. The number of urea groups is 1. The Labute approximate surface area is 166 Å². The van der Waals surface area contributed by atoms with Crippen LogP contribution in [-0.4, -0.2) is 57.6 Å². The smallest absolute Gasteiger partial charge is 0.344 e. The molecule has 0 unspecified atom stereocenters. The second-order valence-corrected chi connectivity index (χ2v) is 9.52. The Morgan fingerprint density at radius 3 is 2.59 bits per heavy atom. The molecule has 0 saturated heterocycles. The third kappa shape index (κ3) is 5.78. The Morgan fingerprint density at radius 1 is 1.37 bits per heavy atom. The maximum absolute atomic E-state index is 13.1. The van der Waals surface area contributed by atoms with E-state index in [9.17, 15) is 23.9 Å². The van der Waals surface area contributed by atoms with Crippen molar-refractivity contribution in [3.8, 4) is 0 Å². The van der Waals surface area contributed by atoms with Gasteiger partial charge in [-0.1, -0.05) is 35.8 Å². The van der Waals surface area contributed by atoms with Gasteiger partial charge in [0.15, 0.2) is 0 Å². The van der Waals surface area contributed by atoms with Crippen molar-refractivity contribution in [3.05, 3.63) is 33.8 Å². The van der Waals surface area contributed by atoms with Gasteiger partial charge in [0.05, 0.1) is 7.11 Å². The number of amides is 2. The summed E-state index contributed by atoms with van der Waals surface area (Å²) in [5.74, 6) is -0.556. The van der Waals surface area contributed by atoms with Gasteiger partial charge in [0.1, 0.15) is 12.3 Å². The van der Waals surface area contributed by atoms with Crippen LogP contribution in [0.2, 0.25) is 0 Å². The molecule has 0 bridgehead atoms. The van der Waals surface area contributed by atoms with E-state index in [0.717, 1.165) is 20.5 Å². The number of esters is 1. The van der Waals surface area contributed by atoms with Crippen LogP contribution < -0.4 is 0 Å². The maximum Gasteiger partial charge on any atom is 0.344 e. The minimum absolute atomic E-state index is 0.00473. The van der Waals surface area contributed by atoms with Crippen molar-refractivity contribution < 1.29 is 28.7 Å². The number of benzene rings is 1. The van der Waals surface area contributed by atoms with Gasteiger partial charge in [-0.15, -0.1) is 0 Å². The number of ether oxygens (including phenoxy) is 1. The molecule has 0 spiro atoms. The fourth-order valence-corrected chi connectivity index (χ4v) is 4.23. The number of rotatable bonds is 5. The zero-order valence-corrected chi connectivity index (χ0v) is 17.9. The number of carbonyl (C=O) groups is 2. The number of hydrogen-bond acceptors (Lipinski definition) is 4. The van der Waals surface area contributed by atoms with Crippen LogP contribution in [0.4, 0.5) is 4.79 Å². The quantitative estimate of drug-likeness (QED) is 0.514. The third-order valence-corrected chi connectivity index (χ3v) is 5.43. The first kappa shape index (κ1) is 21.9. The summed E-state index contributed by atoms with van der Waals surface area (Å²) in [5.41, 5.74) is 1.81. The second kappa shape index (κ2) is 8.73. The summed E-state index contributed by atoms with van der Waals surface area (Å²) in [6.07, 6.45) is -0.416. The molecule has 27 heavy (non-hydrogen) atoms. The molecule has 1 aromatic carbocycles. The van der Waals surface area contributed by atoms with Crippen molar-refractivity contribution in [2.75, 3.05) is 19.9 Å². The number of fused-ring (bicyclic) bond motifs is 1. The van der Waals surface area contributed by atoms with Gasteiger partial charge in [-0.3, -0.25) is 4.57 Å². The number of nitrogens with zero attached hydrogens (tertiary/aromatic N) is 2. The summed E-state index contributed by atoms with van der Waals surface area (Å²) >= 11 is 3.40. The minimum Gasteiger partial charge on any atom is -0.467 e. The highest BCUT2D eigenvalue weighted by Gasteiger charge is 2.38. The number of hydrogen-bond donors (Lipinski definition) is 2. The van der Waals surface area contributed by atoms with Gasteiger partial charge in [-0.2, -0.15) is 0 Å². The Hall–Kier alpha value is -1.41. The highest BCUT2D eigenvalue weighted by atomic mass is 79.9. The van der Waals surface area contributed by atoms with E-state index in [1.54, 1.807) is 0 Å². The molecule has 2 amide bonds. The fourth-order valence-electron chi connectivity index (χ4n) is 3.14. The van der Waals surface area contributed by atoms with E-state index >= 15 is 0 Å². The molecule has 2 N–H and O–H groups in total. The summed E-state index contributed by atoms with van der Waals surface area (Å²) < 4.78 is 17.2. The van der Waals surface area contributed by atoms with Crippen LogP contribution in [0.15, 0.2) is 22.7 Å². The van der Waals surface area contributed by atoms with E-state index in [2.05, 4.69) is 15.9 Å². The predicted molar refractivity (Wildman–Crippen MR) is 103 cm³/mol. The lowest BCUT2D eigenvalue weighted by Gasteiger charge is -2.39. The molecule has 1 heterocycles. The molecule has 0 fully saturated rings. The molecule has 1 atom stereocenters. The molecule has 8 nitrogen and oxygen atoms in total. The maximum atomic E-state index is 13.1. The lowest BCUT2D eigenvalue weighted by Crippen LogP contribution is -2.54. The number of methoxy groups -OCH3 is 1. The lowest BCUT2D eigenvalue weighted by atomic mass is 9.94. The normalized spacial score (nSPS) is 16.9. The molecule has 0 aromatic heterocycles. The van der Waals surface area contributed by atoms with Crippen LogP contribution in [0, 0.1) is 5.92 Å². The zero-order valence-electron chi connectivity index (χ0n) is 15.5. The summed E-state index contributed by atoms with van der Waals surface area (Å²) in [6, 6.07) is 4.17. The SMILES string of the molecule is COC(=O)[C@H]1Cc2cc(Br)ccc2CN1C(=O)N(CC(C)C)CP(=O)(O)O. The van der Waals surface area contributed by atoms with Crippen molar-refractivity contribution in [1.29, 1.82) is 0 Å². The molecule has 10 heteroatoms. The molecule has 0 radical (unpaired) electrons. The Morgan fingerprint density at radius 2 is 2.04 bits per heavy atom. The third-order valence-electron chi connectivity index (χ3n) is 4.23. The first-order valence-electron chi connectivity index (χ1n) is 8.47. The lowest BCUT2D eigenvalue weighted by molar-refractivity contribution is -0.146. The molecule has 150 valence electrons. The number of carbonyl (C=O) groups excluding carboxylic acids is 2. The van der Waals surface area contributed by atoms with Crippen molar-refractivity contribution in [1.82, 2.24) is 9.80 Å². The topological polar surface area (TPSA) is 107 Å². The van der Waals surface area contributed by atoms with Gasteiger partial charge in [-0.05, 0) is 29.2 Å². The van der Waals surface area contributed by atoms with Crippen molar-refractivity contribution >= 4 is 35.5 Å². The minimum atomic E-state index is -4.45. The summed E-state index contributed by atoms with van der Waals surface area (Å²) in [4.78, 5) is 46.6. The first-order valence-corrected chi connectivity index (χ1v) is 11.1. The second-order valence-electron chi connectivity index (χ2n) is 6.99. The molecule has 2 rings (SSSR count). The average molecular weight is 463 g/mol. The Bertz CT molecular complexity index is 766. The van der Waals surface area contributed by atoms with Crippen molar-refractivity contribution in [3.63, 3.8) is 0 Å². The highest BCUT2D eigenvalue weighted by molar-refractivity contribution is 9.10. The van der Waals surface area contributed by atoms with Crippen LogP contribution in [0.1, 0.15) is 25.0 Å². The van der Waals surface area contributed by atoms with Crippen LogP contribution in [0.3, 0.4) is 0 Å². The predicted octanol–water partition coefficient (Wildman–Crippen LogP) is 2.56. The molecule has 0 saturated carbocycles. The van der Waals surface area contributed by atoms with Gasteiger partial charge in [0.25, 0.3) is 0 Å². The Balaban J connectivity index is 2.37. The van der Waals surface area contributed by atoms with E-state index < -0.39 is 31.9 Å². The molecular weight excluding hydrogens is 439 g/mol.